The van der Waals surface area contributed by atoms with Crippen molar-refractivity contribution in [3.05, 3.63) is 52.6 Å². The lowest BCUT2D eigenvalue weighted by Crippen LogP contribution is -2.46. The highest BCUT2D eigenvalue weighted by atomic mass is 32.2. The molecule has 194 valence electrons. The predicted molar refractivity (Wildman–Crippen MR) is 138 cm³/mol. The summed E-state index contributed by atoms with van der Waals surface area (Å²) in [6, 6.07) is 5.85. The van der Waals surface area contributed by atoms with E-state index in [1.807, 2.05) is 32.9 Å². The Morgan fingerprint density at radius 2 is 1.56 bits per heavy atom. The Bertz CT molecular complexity index is 1260. The van der Waals surface area contributed by atoms with Crippen molar-refractivity contribution in [3.8, 4) is 0 Å². The number of anilines is 2. The van der Waals surface area contributed by atoms with Gasteiger partial charge in [0.2, 0.25) is 0 Å². The Balaban J connectivity index is 1.90. The van der Waals surface area contributed by atoms with Crippen LogP contribution in [-0.2, 0) is 14.6 Å². The summed E-state index contributed by atoms with van der Waals surface area (Å²) >= 11 is 0. The summed E-state index contributed by atoms with van der Waals surface area (Å²) in [6.45, 7) is 5.66. The minimum absolute atomic E-state index is 0.0306. The fourth-order valence-corrected chi connectivity index (χ4v) is 5.41. The van der Waals surface area contributed by atoms with E-state index in [-0.39, 0.29) is 22.1 Å². The van der Waals surface area contributed by atoms with Gasteiger partial charge in [0, 0.05) is 11.9 Å². The minimum atomic E-state index is -3.63. The topological polar surface area (TPSA) is 142 Å². The second-order valence-corrected chi connectivity index (χ2v) is 11.5. The van der Waals surface area contributed by atoms with Crippen molar-refractivity contribution in [2.45, 2.75) is 63.8 Å². The number of hydrogen-bond donors (Lipinski definition) is 4. The van der Waals surface area contributed by atoms with E-state index < -0.39 is 33.8 Å². The maximum absolute atomic E-state index is 13.2. The quantitative estimate of drug-likeness (QED) is 0.430. The number of carbonyl (C=O) groups excluding carboxylic acids is 2. The second kappa shape index (κ2) is 11.1. The number of rotatable bonds is 7. The van der Waals surface area contributed by atoms with Crippen molar-refractivity contribution in [3.63, 3.8) is 0 Å². The van der Waals surface area contributed by atoms with E-state index in [2.05, 4.69) is 16.0 Å². The van der Waals surface area contributed by atoms with Gasteiger partial charge in [0.25, 0.3) is 5.91 Å². The Kier molecular flexibility index (Phi) is 8.39. The molecule has 9 nitrogen and oxygen atoms in total. The number of sulfone groups is 1. The smallest absolute Gasteiger partial charge is 0.326 e. The largest absolute Gasteiger partial charge is 0.480 e. The lowest BCUT2D eigenvalue weighted by Gasteiger charge is -2.28. The van der Waals surface area contributed by atoms with Gasteiger partial charge >= 0.3 is 12.0 Å². The van der Waals surface area contributed by atoms with Crippen LogP contribution >= 0.6 is 0 Å². The molecule has 1 unspecified atom stereocenters. The third kappa shape index (κ3) is 6.63. The first-order valence-electron chi connectivity index (χ1n) is 11.9. The van der Waals surface area contributed by atoms with Crippen LogP contribution in [0.4, 0.5) is 16.2 Å². The Labute approximate surface area is 211 Å². The molecule has 2 aromatic rings. The number of carboxylic acid groups (broad SMARTS) is 1. The minimum Gasteiger partial charge on any atom is -0.480 e. The molecule has 2 aromatic carbocycles. The zero-order valence-electron chi connectivity index (χ0n) is 21.0. The first-order chi connectivity index (χ1) is 16.9. The van der Waals surface area contributed by atoms with Crippen LogP contribution in [0.3, 0.4) is 0 Å². The number of amides is 3. The van der Waals surface area contributed by atoms with Gasteiger partial charge in [-0.25, -0.2) is 18.0 Å². The lowest BCUT2D eigenvalue weighted by molar-refractivity contribution is -0.141. The fraction of sp³-hybridized carbons (Fsp3) is 0.423. The average Bonchev–Trinajstić information content (AvgIpc) is 2.79. The first kappa shape index (κ1) is 27.2. The third-order valence-electron chi connectivity index (χ3n) is 6.50. The number of hydrogen-bond acceptors (Lipinski definition) is 5. The zero-order valence-corrected chi connectivity index (χ0v) is 21.8. The summed E-state index contributed by atoms with van der Waals surface area (Å²) in [7, 11) is -3.63. The molecule has 0 aromatic heterocycles. The van der Waals surface area contributed by atoms with Gasteiger partial charge in [-0.3, -0.25) is 4.79 Å². The molecule has 1 saturated carbocycles. The van der Waals surface area contributed by atoms with Gasteiger partial charge < -0.3 is 21.1 Å². The molecular weight excluding hydrogens is 482 g/mol. The summed E-state index contributed by atoms with van der Waals surface area (Å²) in [5, 5.41) is 17.7. The second-order valence-electron chi connectivity index (χ2n) is 9.52. The number of urea groups is 1. The molecular formula is C26H33N3O6S. The number of carboxylic acids is 1. The molecule has 0 bridgehead atoms. The average molecular weight is 516 g/mol. The van der Waals surface area contributed by atoms with E-state index >= 15 is 0 Å². The number of nitrogens with one attached hydrogen (secondary N) is 3. The van der Waals surface area contributed by atoms with Gasteiger partial charge in [-0.05, 0) is 68.9 Å². The van der Waals surface area contributed by atoms with Gasteiger partial charge in [-0.1, -0.05) is 37.0 Å². The van der Waals surface area contributed by atoms with Gasteiger partial charge in [0.05, 0.1) is 16.1 Å². The standard InChI is InChI=1S/C26H33N3O6S/c1-15-12-16(2)22(17(3)13-15)29-26(33)27-21-14-19(36(4,34)35)10-11-20(21)24(30)28-23(25(31)32)18-8-6-5-7-9-18/h10-14,18,23H,5-9H2,1-4H3,(H,28,30)(H,31,32)(H2,27,29,33). The van der Waals surface area contributed by atoms with E-state index in [4.69, 9.17) is 0 Å². The molecule has 4 N–H and O–H groups in total. The molecule has 1 atom stereocenters. The van der Waals surface area contributed by atoms with E-state index in [9.17, 15) is 27.9 Å². The van der Waals surface area contributed by atoms with Crippen LogP contribution in [-0.4, -0.2) is 43.7 Å². The van der Waals surface area contributed by atoms with Crippen LogP contribution in [0.25, 0.3) is 0 Å². The maximum Gasteiger partial charge on any atom is 0.326 e. The number of benzene rings is 2. The summed E-state index contributed by atoms with van der Waals surface area (Å²) in [5.41, 5.74) is 3.28. The van der Waals surface area contributed by atoms with Crippen molar-refractivity contribution in [2.24, 2.45) is 5.92 Å². The molecule has 0 aliphatic heterocycles. The fourth-order valence-electron chi connectivity index (χ4n) is 4.77. The van der Waals surface area contributed by atoms with Crippen LogP contribution in [0.5, 0.6) is 0 Å². The Morgan fingerprint density at radius 1 is 0.944 bits per heavy atom. The van der Waals surface area contributed by atoms with Crippen LogP contribution in [0.1, 0.15) is 59.2 Å². The highest BCUT2D eigenvalue weighted by Crippen LogP contribution is 2.28. The molecule has 3 rings (SSSR count). The third-order valence-corrected chi connectivity index (χ3v) is 7.61. The van der Waals surface area contributed by atoms with Crippen LogP contribution in [0, 0.1) is 26.7 Å². The number of aliphatic carboxylic acids is 1. The molecule has 1 aliphatic carbocycles. The van der Waals surface area contributed by atoms with E-state index in [0.717, 1.165) is 42.2 Å². The first-order valence-corrected chi connectivity index (χ1v) is 13.8. The molecule has 0 saturated heterocycles. The zero-order chi connectivity index (χ0) is 26.6. The van der Waals surface area contributed by atoms with Gasteiger partial charge in [0.1, 0.15) is 6.04 Å². The molecule has 10 heteroatoms. The molecule has 0 radical (unpaired) electrons. The molecule has 1 fully saturated rings. The molecule has 0 heterocycles. The monoisotopic (exact) mass is 515 g/mol. The Morgan fingerprint density at radius 3 is 2.11 bits per heavy atom. The molecule has 1 aliphatic rings. The highest BCUT2D eigenvalue weighted by Gasteiger charge is 2.31. The van der Waals surface area contributed by atoms with Crippen molar-refractivity contribution in [2.75, 3.05) is 16.9 Å². The SMILES string of the molecule is Cc1cc(C)c(NC(=O)Nc2cc(S(C)(=O)=O)ccc2C(=O)NC(C(=O)O)C2CCCCC2)c(C)c1. The van der Waals surface area contributed by atoms with E-state index in [1.165, 1.54) is 18.2 Å². The normalized spacial score (nSPS) is 15.1. The highest BCUT2D eigenvalue weighted by molar-refractivity contribution is 7.90. The maximum atomic E-state index is 13.2. The van der Waals surface area contributed by atoms with Crippen molar-refractivity contribution < 1.29 is 27.9 Å². The van der Waals surface area contributed by atoms with Crippen molar-refractivity contribution in [1.29, 1.82) is 0 Å². The van der Waals surface area contributed by atoms with E-state index in [1.54, 1.807) is 0 Å². The summed E-state index contributed by atoms with van der Waals surface area (Å²) in [6.07, 6.45) is 5.26. The van der Waals surface area contributed by atoms with Crippen LogP contribution in [0.2, 0.25) is 0 Å². The van der Waals surface area contributed by atoms with Crippen LogP contribution in [0.15, 0.2) is 35.2 Å². The number of carbonyl (C=O) groups is 3. The van der Waals surface area contributed by atoms with Crippen LogP contribution < -0.4 is 16.0 Å². The summed E-state index contributed by atoms with van der Waals surface area (Å²) in [5.74, 6) is -2.02. The predicted octanol–water partition coefficient (Wildman–Crippen LogP) is 4.42. The molecule has 0 spiro atoms. The molecule has 3 amide bonds. The van der Waals surface area contributed by atoms with Crippen molar-refractivity contribution in [1.82, 2.24) is 5.32 Å². The van der Waals surface area contributed by atoms with Gasteiger partial charge in [-0.2, -0.15) is 0 Å². The Hall–Kier alpha value is -3.40. The lowest BCUT2D eigenvalue weighted by atomic mass is 9.84. The number of aryl methyl sites for hydroxylation is 3. The molecule has 36 heavy (non-hydrogen) atoms. The van der Waals surface area contributed by atoms with E-state index in [0.29, 0.717) is 18.5 Å². The van der Waals surface area contributed by atoms with Gasteiger partial charge in [0.15, 0.2) is 9.84 Å². The van der Waals surface area contributed by atoms with Crippen molar-refractivity contribution >= 4 is 39.1 Å². The summed E-state index contributed by atoms with van der Waals surface area (Å²) in [4.78, 5) is 37.9. The summed E-state index contributed by atoms with van der Waals surface area (Å²) < 4.78 is 24.3. The van der Waals surface area contributed by atoms with Gasteiger partial charge in [-0.15, -0.1) is 0 Å².